The van der Waals surface area contributed by atoms with Gasteiger partial charge >= 0.3 is 0 Å². The minimum atomic E-state index is -0.206. The Kier molecular flexibility index (Phi) is 39.8. The third-order valence-electron chi connectivity index (χ3n) is 25.9. The number of likely N-dealkylation sites (N-methyl/N-ethyl adjacent to an activating group) is 1. The maximum atomic E-state index is 12.7. The first kappa shape index (κ1) is 108. The van der Waals surface area contributed by atoms with Gasteiger partial charge in [-0.2, -0.15) is 11.8 Å². The quantitative estimate of drug-likeness (QED) is 0.0356. The number of halogens is 5. The van der Waals surface area contributed by atoms with Gasteiger partial charge in [0.15, 0.2) is 0 Å². The summed E-state index contributed by atoms with van der Waals surface area (Å²) >= 11 is 33.6. The van der Waals surface area contributed by atoms with E-state index in [1.54, 1.807) is 105 Å². The van der Waals surface area contributed by atoms with Crippen molar-refractivity contribution >= 4 is 134 Å². The Morgan fingerprint density at radius 3 is 0.852 bits per heavy atom. The third-order valence-corrected chi connectivity index (χ3v) is 28.4. The van der Waals surface area contributed by atoms with Gasteiger partial charge in [-0.15, -0.1) is 0 Å². The van der Waals surface area contributed by atoms with Gasteiger partial charge in [0.2, 0.25) is 5.91 Å². The molecular weight excluding hydrogens is 1990 g/mol. The van der Waals surface area contributed by atoms with Crippen LogP contribution < -0.4 is 26.6 Å². The van der Waals surface area contributed by atoms with Crippen LogP contribution in [0.25, 0.3) is 56.3 Å². The number of likely N-dealkylation sites (tertiary alicyclic amines) is 1. The summed E-state index contributed by atoms with van der Waals surface area (Å²) in [5.74, 6) is 1.71. The van der Waals surface area contributed by atoms with Crippen LogP contribution in [0.4, 0.5) is 28.4 Å². The molecule has 0 radical (unpaired) electrons. The zero-order valence-corrected chi connectivity index (χ0v) is 87.6. The number of ether oxygens (including phenoxy) is 1. The number of piperazine rings is 2. The molecule has 5 saturated heterocycles. The third kappa shape index (κ3) is 32.4. The number of piperidine rings is 1. The second-order valence-corrected chi connectivity index (χ2v) is 39.9. The largest absolute Gasteiger partial charge is 0.379 e. The number of rotatable bonds is 25. The molecule has 0 aliphatic carbocycles. The van der Waals surface area contributed by atoms with E-state index in [1.807, 2.05) is 247 Å². The maximum Gasteiger partial charge on any atom is 0.257 e. The van der Waals surface area contributed by atoms with Crippen LogP contribution in [0.2, 0.25) is 25.1 Å². The fourth-order valence-corrected chi connectivity index (χ4v) is 19.5. The molecule has 149 heavy (non-hydrogen) atoms. The van der Waals surface area contributed by atoms with E-state index in [0.29, 0.717) is 81.4 Å². The second-order valence-electron chi connectivity index (χ2n) is 36.6. The number of thioether (sulfide) groups is 1. The Bertz CT molecular complexity index is 6560. The molecule has 11 heterocycles. The molecular formula is C118H117Cl5N18O7S. The molecule has 9 aromatic carbocycles. The normalized spacial score (nSPS) is 14.6. The number of nitrogens with one attached hydrogen (secondary N) is 5. The number of amides is 6. The Morgan fingerprint density at radius 1 is 0.289 bits per heavy atom. The Labute approximate surface area is 899 Å². The smallest absolute Gasteiger partial charge is 0.257 e. The van der Waals surface area contributed by atoms with Crippen molar-refractivity contribution in [1.82, 2.24) is 64.2 Å². The van der Waals surface area contributed by atoms with Gasteiger partial charge in [-0.3, -0.25) is 83.2 Å². The zero-order valence-electron chi connectivity index (χ0n) is 83.0. The molecule has 0 saturated carbocycles. The molecule has 25 nitrogen and oxygen atoms in total. The van der Waals surface area contributed by atoms with Crippen LogP contribution in [0, 0.1) is 0 Å². The number of aromatic nitrogens is 6. The highest BCUT2D eigenvalue weighted by atomic mass is 35.5. The molecule has 5 aliphatic heterocycles. The molecule has 15 aromatic rings. The molecule has 31 heteroatoms. The summed E-state index contributed by atoms with van der Waals surface area (Å²) < 4.78 is 5.38. The van der Waals surface area contributed by atoms with E-state index < -0.39 is 0 Å². The number of hydrogen-bond acceptors (Lipinski definition) is 20. The molecule has 762 valence electrons. The minimum Gasteiger partial charge on any atom is -0.379 e. The van der Waals surface area contributed by atoms with Gasteiger partial charge in [-0.05, 0) is 268 Å². The number of pyridine rings is 6. The highest BCUT2D eigenvalue weighted by Crippen LogP contribution is 2.36. The maximum absolute atomic E-state index is 12.7. The topological polar surface area (TPSA) is 272 Å². The average molecular weight is 2110 g/mol. The predicted molar refractivity (Wildman–Crippen MR) is 601 cm³/mol. The Hall–Kier alpha value is -13.8. The average Bonchev–Trinajstić information content (AvgIpc) is 0.834. The van der Waals surface area contributed by atoms with E-state index in [9.17, 15) is 28.8 Å². The minimum absolute atomic E-state index is 0.132. The van der Waals surface area contributed by atoms with Crippen LogP contribution in [-0.2, 0) is 42.3 Å². The van der Waals surface area contributed by atoms with Crippen molar-refractivity contribution in [2.45, 2.75) is 58.9 Å². The number of morpholine rings is 1. The SMILES string of the molecule is CC(=O)N1CCN(Cc2ccc(C(=O)Nc3ccc(Cl)c(-c4ccccn4)c3)cc2)CC1.CN1CCN(Cc2ccc(C(=O)Nc3ccc(Cl)c(-c4ccccn4)c3)cn2)CC1.O=C(Nc1ccc(Cl)c(-c2ccccn2)c1)c1ccc(CN2CCCCC2)cc1.O=C(Nc1ccc(Cl)c(-c2ccccn2)c1)c1ccc(CN2CCOCC2)cc1.O=C(Nc1ccc(Cl)c(-c2ccccn2)c1)c1ccc(CN2CCSCC2)cc1. The van der Waals surface area contributed by atoms with Crippen LogP contribution in [0.3, 0.4) is 0 Å². The van der Waals surface area contributed by atoms with Gasteiger partial charge in [0.05, 0.1) is 78.1 Å². The number of carbonyl (C=O) groups is 6. The van der Waals surface area contributed by atoms with Gasteiger partial charge in [0, 0.05) is 245 Å². The molecule has 0 spiro atoms. The number of hydrogen-bond donors (Lipinski definition) is 5. The van der Waals surface area contributed by atoms with Gasteiger partial charge in [0.25, 0.3) is 29.5 Å². The van der Waals surface area contributed by atoms with Gasteiger partial charge < -0.3 is 41.1 Å². The van der Waals surface area contributed by atoms with E-state index in [4.69, 9.17) is 62.7 Å². The van der Waals surface area contributed by atoms with Crippen molar-refractivity contribution in [3.05, 3.63) is 409 Å². The van der Waals surface area contributed by atoms with Crippen molar-refractivity contribution in [3.63, 3.8) is 0 Å². The second kappa shape index (κ2) is 54.9. The van der Waals surface area contributed by atoms with Crippen LogP contribution in [0.1, 0.15) is 106 Å². The van der Waals surface area contributed by atoms with Crippen LogP contribution in [-0.4, -0.2) is 223 Å². The molecule has 6 amide bonds. The lowest BCUT2D eigenvalue weighted by molar-refractivity contribution is -0.130. The van der Waals surface area contributed by atoms with E-state index in [2.05, 4.69) is 92.9 Å². The van der Waals surface area contributed by atoms with Crippen LogP contribution >= 0.6 is 69.8 Å². The van der Waals surface area contributed by atoms with Crippen molar-refractivity contribution < 1.29 is 33.5 Å². The lowest BCUT2D eigenvalue weighted by Gasteiger charge is -2.34. The van der Waals surface area contributed by atoms with E-state index >= 15 is 0 Å². The molecule has 6 aromatic heterocycles. The molecule has 5 fully saturated rings. The summed E-state index contributed by atoms with van der Waals surface area (Å²) in [5.41, 5.74) is 19.9. The lowest BCUT2D eigenvalue weighted by atomic mass is 10.1. The van der Waals surface area contributed by atoms with Crippen molar-refractivity contribution in [3.8, 4) is 56.3 Å². The Balaban J connectivity index is 0.000000133. The summed E-state index contributed by atoms with van der Waals surface area (Å²) in [7, 11) is 2.14. The highest BCUT2D eigenvalue weighted by molar-refractivity contribution is 7.99. The predicted octanol–water partition coefficient (Wildman–Crippen LogP) is 23.4. The summed E-state index contributed by atoms with van der Waals surface area (Å²) in [6.45, 7) is 21.5. The van der Waals surface area contributed by atoms with Crippen molar-refractivity contribution in [2.24, 2.45) is 0 Å². The molecule has 0 unspecified atom stereocenters. The van der Waals surface area contributed by atoms with Crippen LogP contribution in [0.15, 0.2) is 328 Å². The standard InChI is InChI=1S/C25H25ClN4O2.C24H24ClN3O.C23H24ClN5O.C23H22ClN3O2.C23H22ClN3OS/c1-18(31)30-14-12-29(13-15-30)17-19-5-7-20(8-6-19)25(32)28-21-9-10-23(26)22(16-21)24-4-2-3-11-27-24;25-22-12-11-20(16-21(22)23-6-2-3-13-26-23)27-24(29)19-9-7-18(8-10-19)17-28-14-4-1-5-15-28;1-28-10-12-29(13-11-28)16-19-6-5-17(15-26-19)23(30)27-18-7-8-21(24)20(14-18)22-4-2-3-9-25-22;2*24-21-9-8-19(15-20(21)22-3-1-2-10-25-22)26-23(28)18-6-4-17(5-7-18)16-27-11-13-29-14-12-27/h2-11,16H,12-15,17H2,1H3,(H,28,32);2-3,6-13,16H,1,4-5,14-15,17H2,(H,27,29);2-9,14-15H,10-13,16H2,1H3,(H,27,30);2*1-10,15H,11-14,16H2,(H,26,28). The first-order valence-electron chi connectivity index (χ1n) is 49.8. The summed E-state index contributed by atoms with van der Waals surface area (Å²) in [5, 5.41) is 17.7. The van der Waals surface area contributed by atoms with Crippen LogP contribution in [0.5, 0.6) is 0 Å². The van der Waals surface area contributed by atoms with E-state index in [1.165, 1.54) is 47.5 Å². The monoisotopic (exact) mass is 2100 g/mol. The zero-order chi connectivity index (χ0) is 104. The van der Waals surface area contributed by atoms with Crippen molar-refractivity contribution in [2.75, 3.05) is 150 Å². The molecule has 20 rings (SSSR count). The Morgan fingerprint density at radius 2 is 0.564 bits per heavy atom. The first-order chi connectivity index (χ1) is 72.6. The fraction of sp³-hybridized carbons (Fsp3) is 0.237. The van der Waals surface area contributed by atoms with E-state index in [0.717, 1.165) is 205 Å². The molecule has 0 atom stereocenters. The number of benzene rings is 9. The van der Waals surface area contributed by atoms with Gasteiger partial charge in [-0.1, -0.05) is 143 Å². The number of nitrogens with zero attached hydrogens (tertiary/aromatic N) is 13. The van der Waals surface area contributed by atoms with Gasteiger partial charge in [0.1, 0.15) is 0 Å². The van der Waals surface area contributed by atoms with Gasteiger partial charge in [-0.25, -0.2) is 0 Å². The molecule has 5 aliphatic rings. The summed E-state index contributed by atoms with van der Waals surface area (Å²) in [4.78, 5) is 117. The summed E-state index contributed by atoms with van der Waals surface area (Å²) in [6, 6.07) is 90.1. The van der Waals surface area contributed by atoms with Crippen molar-refractivity contribution in [1.29, 1.82) is 0 Å². The molecule has 5 N–H and O–H groups in total. The fourth-order valence-electron chi connectivity index (χ4n) is 17.4. The molecule has 0 bridgehead atoms. The lowest BCUT2D eigenvalue weighted by Crippen LogP contribution is -2.47. The first-order valence-corrected chi connectivity index (χ1v) is 52.8. The highest BCUT2D eigenvalue weighted by Gasteiger charge is 2.24. The summed E-state index contributed by atoms with van der Waals surface area (Å²) in [6.07, 6.45) is 14.1. The van der Waals surface area contributed by atoms with E-state index in [-0.39, 0.29) is 35.4 Å². The number of carbonyl (C=O) groups excluding carboxylic acids is 6. The number of anilines is 5.